The molecule has 0 aromatic heterocycles. The quantitative estimate of drug-likeness (QED) is 0.615. The fourth-order valence-electron chi connectivity index (χ4n) is 3.36. The Morgan fingerprint density at radius 1 is 1.07 bits per heavy atom. The lowest BCUT2D eigenvalue weighted by Crippen LogP contribution is -2.53. The second-order valence-corrected chi connectivity index (χ2v) is 7.09. The van der Waals surface area contributed by atoms with Gasteiger partial charge in [0, 0.05) is 18.5 Å². The molecule has 148 valence electrons. The zero-order chi connectivity index (χ0) is 20.1. The summed E-state index contributed by atoms with van der Waals surface area (Å²) in [5.41, 5.74) is 2.64. The van der Waals surface area contributed by atoms with Crippen molar-refractivity contribution < 1.29 is 19.4 Å². The summed E-state index contributed by atoms with van der Waals surface area (Å²) in [6.07, 6.45) is 0.587. The summed E-state index contributed by atoms with van der Waals surface area (Å²) >= 11 is 0. The number of ether oxygens (including phenoxy) is 1. The van der Waals surface area contributed by atoms with Gasteiger partial charge >= 0.3 is 6.03 Å². The average molecular weight is 383 g/mol. The van der Waals surface area contributed by atoms with E-state index in [0.29, 0.717) is 24.2 Å². The van der Waals surface area contributed by atoms with Crippen LogP contribution in [0.1, 0.15) is 18.1 Å². The molecule has 4 N–H and O–H groups in total. The molecule has 3 rings (SSSR count). The molecule has 0 bridgehead atoms. The highest BCUT2D eigenvalue weighted by molar-refractivity contribution is 5.95. The van der Waals surface area contributed by atoms with Crippen molar-refractivity contribution >= 4 is 23.3 Å². The Morgan fingerprint density at radius 2 is 1.68 bits per heavy atom. The molecule has 1 aliphatic rings. The minimum absolute atomic E-state index is 0.153. The molecule has 0 spiro atoms. The van der Waals surface area contributed by atoms with E-state index in [0.717, 1.165) is 11.1 Å². The van der Waals surface area contributed by atoms with Crippen LogP contribution < -0.4 is 16.0 Å². The number of nitrogens with one attached hydrogen (secondary N) is 3. The number of carbonyl (C=O) groups excluding carboxylic acids is 2. The van der Waals surface area contributed by atoms with Crippen LogP contribution in [0.25, 0.3) is 0 Å². The van der Waals surface area contributed by atoms with Gasteiger partial charge in [-0.3, -0.25) is 4.79 Å². The number of rotatable bonds is 6. The number of urea groups is 1. The first-order chi connectivity index (χ1) is 13.4. The van der Waals surface area contributed by atoms with Gasteiger partial charge in [-0.2, -0.15) is 0 Å². The van der Waals surface area contributed by atoms with Gasteiger partial charge in [0.15, 0.2) is 0 Å². The Hall–Kier alpha value is -2.90. The van der Waals surface area contributed by atoms with Crippen molar-refractivity contribution in [3.05, 3.63) is 59.7 Å². The van der Waals surface area contributed by atoms with Crippen molar-refractivity contribution in [3.63, 3.8) is 0 Å². The van der Waals surface area contributed by atoms with Crippen LogP contribution in [0.2, 0.25) is 0 Å². The minimum atomic E-state index is -0.715. The number of methoxy groups -OCH3 is 1. The number of fused-ring (bicyclic) bond motifs is 1. The molecular weight excluding hydrogens is 358 g/mol. The largest absolute Gasteiger partial charge is 0.394 e. The van der Waals surface area contributed by atoms with Crippen molar-refractivity contribution in [1.29, 1.82) is 0 Å². The van der Waals surface area contributed by atoms with Crippen LogP contribution >= 0.6 is 0 Å². The molecule has 0 aliphatic heterocycles. The third-order valence-electron chi connectivity index (χ3n) is 4.97. The van der Waals surface area contributed by atoms with E-state index >= 15 is 0 Å². The number of aliphatic hydroxyl groups is 1. The Kier molecular flexibility index (Phi) is 5.96. The molecule has 0 fully saturated rings. The summed E-state index contributed by atoms with van der Waals surface area (Å²) in [5.74, 6) is -0.271. The SMILES string of the molecule is COC(C)C(=O)Nc1cccc(NC(=O)NC2(CO)Cc3ccccc3C2)c1. The molecule has 0 saturated carbocycles. The van der Waals surface area contributed by atoms with Crippen molar-refractivity contribution in [3.8, 4) is 0 Å². The van der Waals surface area contributed by atoms with E-state index in [1.165, 1.54) is 7.11 Å². The number of amides is 3. The summed E-state index contributed by atoms with van der Waals surface area (Å²) in [5, 5.41) is 18.3. The van der Waals surface area contributed by atoms with Crippen LogP contribution in [-0.4, -0.2) is 42.4 Å². The van der Waals surface area contributed by atoms with E-state index in [2.05, 4.69) is 16.0 Å². The molecule has 0 heterocycles. The lowest BCUT2D eigenvalue weighted by molar-refractivity contribution is -0.124. The molecule has 7 nitrogen and oxygen atoms in total. The van der Waals surface area contributed by atoms with E-state index in [9.17, 15) is 14.7 Å². The highest BCUT2D eigenvalue weighted by atomic mass is 16.5. The van der Waals surface area contributed by atoms with E-state index in [1.807, 2.05) is 24.3 Å². The van der Waals surface area contributed by atoms with Crippen LogP contribution in [0.5, 0.6) is 0 Å². The van der Waals surface area contributed by atoms with Gasteiger partial charge in [0.2, 0.25) is 0 Å². The molecule has 2 aromatic rings. The lowest BCUT2D eigenvalue weighted by Gasteiger charge is -2.28. The molecule has 1 atom stereocenters. The standard InChI is InChI=1S/C21H25N3O4/c1-14(28-2)19(26)22-17-8-5-9-18(10-17)23-20(27)24-21(13-25)11-15-6-3-4-7-16(15)12-21/h3-10,14,25H,11-13H2,1-2H3,(H,22,26)(H2,23,24,27). The molecule has 1 aliphatic carbocycles. The number of carbonyl (C=O) groups is 2. The van der Waals surface area contributed by atoms with E-state index in [1.54, 1.807) is 31.2 Å². The highest BCUT2D eigenvalue weighted by Crippen LogP contribution is 2.30. The average Bonchev–Trinajstić information content (AvgIpc) is 3.05. The smallest absolute Gasteiger partial charge is 0.319 e. The maximum atomic E-state index is 12.5. The van der Waals surface area contributed by atoms with Gasteiger partial charge in [-0.15, -0.1) is 0 Å². The van der Waals surface area contributed by atoms with Gasteiger partial charge < -0.3 is 25.8 Å². The van der Waals surface area contributed by atoms with Crippen molar-refractivity contribution in [2.75, 3.05) is 24.4 Å². The monoisotopic (exact) mass is 383 g/mol. The summed E-state index contributed by atoms with van der Waals surface area (Å²) in [6.45, 7) is 1.50. The third kappa shape index (κ3) is 4.49. The zero-order valence-electron chi connectivity index (χ0n) is 16.0. The normalized spacial score (nSPS) is 15.4. The van der Waals surface area contributed by atoms with Crippen LogP contribution in [-0.2, 0) is 22.4 Å². The molecule has 0 radical (unpaired) electrons. The van der Waals surface area contributed by atoms with Crippen LogP contribution in [0, 0.1) is 0 Å². The van der Waals surface area contributed by atoms with E-state index in [-0.39, 0.29) is 12.5 Å². The Balaban J connectivity index is 1.63. The Morgan fingerprint density at radius 3 is 2.25 bits per heavy atom. The fourth-order valence-corrected chi connectivity index (χ4v) is 3.36. The topological polar surface area (TPSA) is 99.7 Å². The highest BCUT2D eigenvalue weighted by Gasteiger charge is 2.38. The number of hydrogen-bond acceptors (Lipinski definition) is 4. The van der Waals surface area contributed by atoms with E-state index in [4.69, 9.17) is 4.74 Å². The van der Waals surface area contributed by atoms with Crippen molar-refractivity contribution in [2.24, 2.45) is 0 Å². The molecule has 1 unspecified atom stereocenters. The van der Waals surface area contributed by atoms with Gasteiger partial charge in [-0.05, 0) is 49.1 Å². The first-order valence-electron chi connectivity index (χ1n) is 9.15. The molecule has 3 amide bonds. The molecule has 2 aromatic carbocycles. The van der Waals surface area contributed by atoms with Gasteiger partial charge in [0.25, 0.3) is 5.91 Å². The lowest BCUT2D eigenvalue weighted by atomic mass is 9.97. The zero-order valence-corrected chi connectivity index (χ0v) is 16.0. The molecular formula is C21H25N3O4. The Bertz CT molecular complexity index is 843. The van der Waals surface area contributed by atoms with Gasteiger partial charge in [0.05, 0.1) is 12.1 Å². The number of aliphatic hydroxyl groups excluding tert-OH is 1. The van der Waals surface area contributed by atoms with Gasteiger partial charge in [0.1, 0.15) is 6.10 Å². The second-order valence-electron chi connectivity index (χ2n) is 7.09. The summed E-state index contributed by atoms with van der Waals surface area (Å²) in [6, 6.07) is 14.4. The number of hydrogen-bond donors (Lipinski definition) is 4. The maximum absolute atomic E-state index is 12.5. The minimum Gasteiger partial charge on any atom is -0.394 e. The van der Waals surface area contributed by atoms with Crippen LogP contribution in [0.3, 0.4) is 0 Å². The number of benzene rings is 2. The molecule has 7 heteroatoms. The summed E-state index contributed by atoms with van der Waals surface area (Å²) in [4.78, 5) is 24.5. The van der Waals surface area contributed by atoms with Crippen molar-refractivity contribution in [2.45, 2.75) is 31.4 Å². The number of anilines is 2. The maximum Gasteiger partial charge on any atom is 0.319 e. The molecule has 0 saturated heterocycles. The third-order valence-corrected chi connectivity index (χ3v) is 4.97. The predicted molar refractivity (Wildman–Crippen MR) is 107 cm³/mol. The second kappa shape index (κ2) is 8.41. The first kappa shape index (κ1) is 19.9. The van der Waals surface area contributed by atoms with E-state index < -0.39 is 17.7 Å². The van der Waals surface area contributed by atoms with Crippen LogP contribution in [0.4, 0.5) is 16.2 Å². The summed E-state index contributed by atoms with van der Waals surface area (Å²) < 4.78 is 4.99. The summed E-state index contributed by atoms with van der Waals surface area (Å²) in [7, 11) is 1.46. The van der Waals surface area contributed by atoms with Crippen molar-refractivity contribution in [1.82, 2.24) is 5.32 Å². The Labute approximate surface area is 164 Å². The van der Waals surface area contributed by atoms with Gasteiger partial charge in [-0.1, -0.05) is 30.3 Å². The fraction of sp³-hybridized carbons (Fsp3) is 0.333. The van der Waals surface area contributed by atoms with Crippen LogP contribution in [0.15, 0.2) is 48.5 Å². The van der Waals surface area contributed by atoms with Gasteiger partial charge in [-0.25, -0.2) is 4.79 Å². The molecule has 28 heavy (non-hydrogen) atoms. The predicted octanol–water partition coefficient (Wildman–Crippen LogP) is 2.31. The first-order valence-corrected chi connectivity index (χ1v) is 9.15.